The highest BCUT2D eigenvalue weighted by atomic mass is 19.1. The van der Waals surface area contributed by atoms with E-state index >= 15 is 0 Å². The minimum absolute atomic E-state index is 0.256. The molecule has 2 rings (SSSR count). The van der Waals surface area contributed by atoms with Gasteiger partial charge in [-0.2, -0.15) is 0 Å². The minimum atomic E-state index is -1.19. The number of methoxy groups -OCH3 is 1. The SMILES string of the molecule is COCc1cccc(C(=O)O[C@H](C)C(=O)Nc2cc(F)ccc2F)c1. The molecule has 25 heavy (non-hydrogen) atoms. The highest BCUT2D eigenvalue weighted by molar-refractivity contribution is 5.97. The fourth-order valence-corrected chi connectivity index (χ4v) is 2.06. The van der Waals surface area contributed by atoms with Crippen molar-refractivity contribution >= 4 is 17.6 Å². The van der Waals surface area contributed by atoms with Crippen molar-refractivity contribution in [2.75, 3.05) is 12.4 Å². The van der Waals surface area contributed by atoms with Crippen LogP contribution in [0.5, 0.6) is 0 Å². The summed E-state index contributed by atoms with van der Waals surface area (Å²) in [5.41, 5.74) is 0.706. The molecule has 0 aliphatic heterocycles. The van der Waals surface area contributed by atoms with Crippen LogP contribution < -0.4 is 5.32 Å². The molecule has 0 saturated heterocycles. The molecule has 2 aromatic carbocycles. The van der Waals surface area contributed by atoms with Crippen LogP contribution in [0.2, 0.25) is 0 Å². The van der Waals surface area contributed by atoms with Crippen LogP contribution in [0.15, 0.2) is 42.5 Å². The van der Waals surface area contributed by atoms with Crippen LogP contribution in [0.1, 0.15) is 22.8 Å². The molecule has 5 nitrogen and oxygen atoms in total. The van der Waals surface area contributed by atoms with E-state index in [1.807, 2.05) is 0 Å². The Hall–Kier alpha value is -2.80. The lowest BCUT2D eigenvalue weighted by Crippen LogP contribution is -2.30. The molecule has 0 bridgehead atoms. The van der Waals surface area contributed by atoms with Crippen molar-refractivity contribution in [1.29, 1.82) is 0 Å². The molecule has 0 aliphatic rings. The zero-order valence-electron chi connectivity index (χ0n) is 13.7. The van der Waals surface area contributed by atoms with E-state index in [4.69, 9.17) is 9.47 Å². The summed E-state index contributed by atoms with van der Waals surface area (Å²) < 4.78 is 36.7. The van der Waals surface area contributed by atoms with Crippen molar-refractivity contribution in [2.45, 2.75) is 19.6 Å². The third-order valence-corrected chi connectivity index (χ3v) is 3.31. The standard InChI is InChI=1S/C18H17F2NO4/c1-11(17(22)21-16-9-14(19)6-7-15(16)20)25-18(23)13-5-3-4-12(8-13)10-24-2/h3-9,11H,10H2,1-2H3,(H,21,22)/t11-/m1/s1. The van der Waals surface area contributed by atoms with E-state index < -0.39 is 29.6 Å². The predicted octanol–water partition coefficient (Wildman–Crippen LogP) is 3.30. The maximum Gasteiger partial charge on any atom is 0.338 e. The van der Waals surface area contributed by atoms with E-state index in [-0.39, 0.29) is 11.3 Å². The lowest BCUT2D eigenvalue weighted by molar-refractivity contribution is -0.123. The summed E-state index contributed by atoms with van der Waals surface area (Å²) in [6, 6.07) is 9.24. The number of esters is 1. The van der Waals surface area contributed by atoms with Crippen LogP contribution in [-0.2, 0) is 20.9 Å². The second-order valence-electron chi connectivity index (χ2n) is 5.29. The third kappa shape index (κ3) is 5.09. The number of benzene rings is 2. The highest BCUT2D eigenvalue weighted by Crippen LogP contribution is 2.16. The van der Waals surface area contributed by atoms with Gasteiger partial charge in [0.2, 0.25) is 0 Å². The second-order valence-corrected chi connectivity index (χ2v) is 5.29. The van der Waals surface area contributed by atoms with Crippen molar-refractivity contribution in [3.05, 3.63) is 65.2 Å². The van der Waals surface area contributed by atoms with Gasteiger partial charge >= 0.3 is 5.97 Å². The highest BCUT2D eigenvalue weighted by Gasteiger charge is 2.20. The maximum atomic E-state index is 13.5. The third-order valence-electron chi connectivity index (χ3n) is 3.31. The van der Waals surface area contributed by atoms with E-state index in [0.717, 1.165) is 23.8 Å². The first-order valence-electron chi connectivity index (χ1n) is 7.45. The Kier molecular flexibility index (Phi) is 6.19. The number of nitrogens with one attached hydrogen (secondary N) is 1. The van der Waals surface area contributed by atoms with E-state index in [1.165, 1.54) is 14.0 Å². The molecular formula is C18H17F2NO4. The monoisotopic (exact) mass is 349 g/mol. The van der Waals surface area contributed by atoms with Crippen LogP contribution in [0, 0.1) is 11.6 Å². The van der Waals surface area contributed by atoms with E-state index in [0.29, 0.717) is 6.61 Å². The number of carbonyl (C=O) groups excluding carboxylic acids is 2. The lowest BCUT2D eigenvalue weighted by atomic mass is 10.1. The Bertz CT molecular complexity index is 779. The Morgan fingerprint density at radius 2 is 1.92 bits per heavy atom. The molecular weight excluding hydrogens is 332 g/mol. The fraction of sp³-hybridized carbons (Fsp3) is 0.222. The van der Waals surface area contributed by atoms with Crippen molar-refractivity contribution in [1.82, 2.24) is 0 Å². The van der Waals surface area contributed by atoms with Gasteiger partial charge in [-0.1, -0.05) is 12.1 Å². The average Bonchev–Trinajstić information content (AvgIpc) is 2.58. The summed E-state index contributed by atoms with van der Waals surface area (Å²) in [6.45, 7) is 1.67. The molecule has 1 N–H and O–H groups in total. The summed E-state index contributed by atoms with van der Waals surface area (Å²) in [4.78, 5) is 24.1. The molecule has 0 spiro atoms. The van der Waals surface area contributed by atoms with Crippen molar-refractivity contribution in [2.24, 2.45) is 0 Å². The van der Waals surface area contributed by atoms with Gasteiger partial charge < -0.3 is 14.8 Å². The number of amides is 1. The first kappa shape index (κ1) is 18.5. The number of ether oxygens (including phenoxy) is 2. The fourth-order valence-electron chi connectivity index (χ4n) is 2.06. The molecule has 0 radical (unpaired) electrons. The summed E-state index contributed by atoms with van der Waals surface area (Å²) in [6.07, 6.45) is -1.19. The van der Waals surface area contributed by atoms with E-state index in [9.17, 15) is 18.4 Å². The molecule has 0 saturated carbocycles. The van der Waals surface area contributed by atoms with Crippen molar-refractivity contribution in [3.63, 3.8) is 0 Å². The molecule has 0 aliphatic carbocycles. The number of hydrogen-bond donors (Lipinski definition) is 1. The van der Waals surface area contributed by atoms with Gasteiger partial charge in [-0.25, -0.2) is 13.6 Å². The summed E-state index contributed by atoms with van der Waals surface area (Å²) in [5, 5.41) is 2.19. The first-order valence-corrected chi connectivity index (χ1v) is 7.45. The van der Waals surface area contributed by atoms with Gasteiger partial charge in [-0.05, 0) is 36.8 Å². The average molecular weight is 349 g/mol. The lowest BCUT2D eigenvalue weighted by Gasteiger charge is -2.14. The molecule has 0 unspecified atom stereocenters. The first-order chi connectivity index (χ1) is 11.9. The topological polar surface area (TPSA) is 64.6 Å². The number of rotatable bonds is 6. The largest absolute Gasteiger partial charge is 0.449 e. The molecule has 1 amide bonds. The van der Waals surface area contributed by atoms with Crippen LogP contribution in [-0.4, -0.2) is 25.1 Å². The number of hydrogen-bond acceptors (Lipinski definition) is 4. The van der Waals surface area contributed by atoms with E-state index in [2.05, 4.69) is 5.32 Å². The zero-order valence-corrected chi connectivity index (χ0v) is 13.7. The van der Waals surface area contributed by atoms with Gasteiger partial charge in [0.15, 0.2) is 6.10 Å². The molecule has 0 heterocycles. The van der Waals surface area contributed by atoms with E-state index in [1.54, 1.807) is 24.3 Å². The molecule has 2 aromatic rings. The van der Waals surface area contributed by atoms with Gasteiger partial charge in [0, 0.05) is 13.2 Å². The molecule has 7 heteroatoms. The van der Waals surface area contributed by atoms with Crippen LogP contribution in [0.4, 0.5) is 14.5 Å². The van der Waals surface area contributed by atoms with Crippen LogP contribution in [0.25, 0.3) is 0 Å². The molecule has 0 aromatic heterocycles. The smallest absolute Gasteiger partial charge is 0.338 e. The van der Waals surface area contributed by atoms with Gasteiger partial charge in [0.25, 0.3) is 5.91 Å². The predicted molar refractivity (Wildman–Crippen MR) is 87.0 cm³/mol. The maximum absolute atomic E-state index is 13.5. The van der Waals surface area contributed by atoms with Crippen LogP contribution >= 0.6 is 0 Å². The van der Waals surface area contributed by atoms with Gasteiger partial charge in [0.1, 0.15) is 11.6 Å². The normalized spacial score (nSPS) is 11.7. The number of anilines is 1. The Morgan fingerprint density at radius 3 is 2.64 bits per heavy atom. The molecule has 132 valence electrons. The summed E-state index contributed by atoms with van der Waals surface area (Å²) in [5.74, 6) is -2.97. The van der Waals surface area contributed by atoms with Crippen molar-refractivity contribution < 1.29 is 27.8 Å². The van der Waals surface area contributed by atoms with Crippen molar-refractivity contribution in [3.8, 4) is 0 Å². The Balaban J connectivity index is 2.01. The summed E-state index contributed by atoms with van der Waals surface area (Å²) in [7, 11) is 1.53. The molecule has 0 fully saturated rings. The van der Waals surface area contributed by atoms with Gasteiger partial charge in [-0.3, -0.25) is 4.79 Å². The number of carbonyl (C=O) groups is 2. The number of halogens is 2. The second kappa shape index (κ2) is 8.34. The Labute approximate surface area is 143 Å². The van der Waals surface area contributed by atoms with Gasteiger partial charge in [-0.15, -0.1) is 0 Å². The molecule has 1 atom stereocenters. The quantitative estimate of drug-likeness (QED) is 0.813. The zero-order chi connectivity index (χ0) is 18.4. The summed E-state index contributed by atoms with van der Waals surface area (Å²) >= 11 is 0. The van der Waals surface area contributed by atoms with Gasteiger partial charge in [0.05, 0.1) is 17.9 Å². The minimum Gasteiger partial charge on any atom is -0.449 e. The van der Waals surface area contributed by atoms with Crippen LogP contribution in [0.3, 0.4) is 0 Å². The Morgan fingerprint density at radius 1 is 1.16 bits per heavy atom.